The maximum atomic E-state index is 12.7. The second kappa shape index (κ2) is 44.6. The van der Waals surface area contributed by atoms with Gasteiger partial charge >= 0.3 is 25.7 Å². The first-order chi connectivity index (χ1) is 29.6. The molecule has 0 aliphatic heterocycles. The summed E-state index contributed by atoms with van der Waals surface area (Å²) in [7, 11) is -4.72. The Labute approximate surface area is 372 Å². The minimum Gasteiger partial charge on any atom is -0.480 e. The Morgan fingerprint density at radius 3 is 1.31 bits per heavy atom. The largest absolute Gasteiger partial charge is 0.480 e. The maximum absolute atomic E-state index is 12.7. The van der Waals surface area contributed by atoms with Crippen molar-refractivity contribution in [1.82, 2.24) is 0 Å². The summed E-state index contributed by atoms with van der Waals surface area (Å²) < 4.78 is 32.8. The second-order valence-corrected chi connectivity index (χ2v) is 18.4. The van der Waals surface area contributed by atoms with E-state index in [0.29, 0.717) is 12.8 Å². The molecule has 0 aliphatic carbocycles. The van der Waals surface area contributed by atoms with E-state index in [1.54, 1.807) is 0 Å². The van der Waals surface area contributed by atoms with Crippen molar-refractivity contribution in [2.45, 2.75) is 251 Å². The fourth-order valence-electron chi connectivity index (χ4n) is 7.04. The molecule has 0 saturated carbocycles. The molecule has 0 fully saturated rings. The summed E-state index contributed by atoms with van der Waals surface area (Å²) in [5.41, 5.74) is 5.35. The number of unbranched alkanes of at least 4 members (excludes halogenated alkanes) is 29. The molecule has 0 heterocycles. The normalized spacial score (nSPS) is 13.8. The molecule has 4 N–H and O–H groups in total. The molecule has 0 aromatic rings. The van der Waals surface area contributed by atoms with Crippen LogP contribution in [-0.4, -0.2) is 59.9 Å². The lowest BCUT2D eigenvalue weighted by molar-refractivity contribution is -0.161. The highest BCUT2D eigenvalue weighted by Gasteiger charge is 2.28. The molecule has 0 rings (SSSR count). The van der Waals surface area contributed by atoms with Crippen molar-refractivity contribution < 1.29 is 47.5 Å². The van der Waals surface area contributed by atoms with Crippen molar-refractivity contribution in [2.24, 2.45) is 5.73 Å². The number of carboxylic acid groups (broad SMARTS) is 1. The van der Waals surface area contributed by atoms with Crippen LogP contribution >= 0.6 is 7.82 Å². The lowest BCUT2D eigenvalue weighted by Gasteiger charge is -2.20. The Morgan fingerprint density at radius 2 is 0.869 bits per heavy atom. The zero-order valence-electron chi connectivity index (χ0n) is 39.0. The number of allylic oxidation sites excluding steroid dienone is 4. The van der Waals surface area contributed by atoms with Gasteiger partial charge in [-0.15, -0.1) is 0 Å². The Balaban J connectivity index is 4.25. The van der Waals surface area contributed by atoms with E-state index in [2.05, 4.69) is 42.7 Å². The van der Waals surface area contributed by atoms with Crippen LogP contribution in [0.2, 0.25) is 0 Å². The first kappa shape index (κ1) is 59.0. The summed E-state index contributed by atoms with van der Waals surface area (Å²) in [5.74, 6) is -2.37. The first-order valence-electron chi connectivity index (χ1n) is 24.9. The predicted molar refractivity (Wildman–Crippen MR) is 249 cm³/mol. The molecular formula is C49H92NO10P. The van der Waals surface area contributed by atoms with E-state index in [0.717, 1.165) is 51.4 Å². The zero-order valence-corrected chi connectivity index (χ0v) is 39.9. The molecule has 358 valence electrons. The molecule has 3 atom stereocenters. The summed E-state index contributed by atoms with van der Waals surface area (Å²) in [6.07, 6.45) is 48.0. The van der Waals surface area contributed by atoms with Crippen LogP contribution < -0.4 is 5.73 Å². The predicted octanol–water partition coefficient (Wildman–Crippen LogP) is 13.8. The zero-order chi connectivity index (χ0) is 44.9. The topological polar surface area (TPSA) is 172 Å². The molecule has 0 spiro atoms. The van der Waals surface area contributed by atoms with Gasteiger partial charge in [-0.3, -0.25) is 23.4 Å². The molecule has 0 aliphatic rings. The van der Waals surface area contributed by atoms with E-state index >= 15 is 0 Å². The van der Waals surface area contributed by atoms with E-state index in [1.807, 2.05) is 0 Å². The SMILES string of the molecule is CCCCC/C=C\C/C=C\CCCCCCCCCCCC(=O)OC(COC(=O)CCCCCCCCCCCCCCCCCCCC)COP(=O)(O)OCC(N)C(=O)O. The van der Waals surface area contributed by atoms with Crippen LogP contribution in [0, 0.1) is 0 Å². The van der Waals surface area contributed by atoms with Gasteiger partial charge in [-0.1, -0.05) is 205 Å². The van der Waals surface area contributed by atoms with Crippen LogP contribution in [0.15, 0.2) is 24.3 Å². The molecule has 0 radical (unpaired) electrons. The van der Waals surface area contributed by atoms with Gasteiger partial charge in [0.25, 0.3) is 0 Å². The van der Waals surface area contributed by atoms with Crippen LogP contribution in [0.4, 0.5) is 0 Å². The highest BCUT2D eigenvalue weighted by Crippen LogP contribution is 2.43. The third kappa shape index (κ3) is 44.4. The van der Waals surface area contributed by atoms with Gasteiger partial charge in [0, 0.05) is 12.8 Å². The first-order valence-corrected chi connectivity index (χ1v) is 26.4. The molecule has 0 bridgehead atoms. The maximum Gasteiger partial charge on any atom is 0.472 e. The molecule has 11 nitrogen and oxygen atoms in total. The third-order valence-electron chi connectivity index (χ3n) is 11.0. The summed E-state index contributed by atoms with van der Waals surface area (Å²) in [6.45, 7) is 2.82. The number of rotatable bonds is 47. The number of carbonyl (C=O) groups excluding carboxylic acids is 2. The number of hydrogen-bond acceptors (Lipinski definition) is 9. The fraction of sp³-hybridized carbons (Fsp3) is 0.857. The number of nitrogens with two attached hydrogens (primary N) is 1. The van der Waals surface area contributed by atoms with Crippen molar-refractivity contribution in [2.75, 3.05) is 19.8 Å². The highest BCUT2D eigenvalue weighted by molar-refractivity contribution is 7.47. The van der Waals surface area contributed by atoms with Crippen molar-refractivity contribution in [3.8, 4) is 0 Å². The van der Waals surface area contributed by atoms with Crippen LogP contribution in [0.3, 0.4) is 0 Å². The van der Waals surface area contributed by atoms with Gasteiger partial charge in [-0.25, -0.2) is 4.57 Å². The van der Waals surface area contributed by atoms with Crippen LogP contribution in [0.1, 0.15) is 239 Å². The van der Waals surface area contributed by atoms with Crippen LogP contribution in [-0.2, 0) is 37.5 Å². The monoisotopic (exact) mass is 886 g/mol. The number of phosphoric acid groups is 1. The summed E-state index contributed by atoms with van der Waals surface area (Å²) in [5, 5.41) is 8.91. The molecular weight excluding hydrogens is 794 g/mol. The quantitative estimate of drug-likeness (QED) is 0.0230. The molecule has 12 heteroatoms. The smallest absolute Gasteiger partial charge is 0.472 e. The van der Waals surface area contributed by atoms with E-state index in [4.69, 9.17) is 24.8 Å². The van der Waals surface area contributed by atoms with Crippen molar-refractivity contribution in [3.05, 3.63) is 24.3 Å². The Bertz CT molecular complexity index is 1130. The lowest BCUT2D eigenvalue weighted by atomic mass is 10.0. The van der Waals surface area contributed by atoms with Gasteiger partial charge in [-0.05, 0) is 44.9 Å². The third-order valence-corrected chi connectivity index (χ3v) is 11.9. The number of esters is 2. The molecule has 0 aromatic heterocycles. The van der Waals surface area contributed by atoms with E-state index < -0.39 is 51.1 Å². The van der Waals surface area contributed by atoms with Crippen LogP contribution in [0.5, 0.6) is 0 Å². The van der Waals surface area contributed by atoms with E-state index in [1.165, 1.54) is 148 Å². The summed E-state index contributed by atoms with van der Waals surface area (Å²) in [6, 6.07) is -1.52. The van der Waals surface area contributed by atoms with Crippen molar-refractivity contribution in [3.63, 3.8) is 0 Å². The van der Waals surface area contributed by atoms with Gasteiger partial charge < -0.3 is 25.2 Å². The standard InChI is InChI=1S/C49H92NO10P/c1-3-5-7-9-11-13-15-17-19-21-23-25-27-29-31-33-35-37-39-41-48(52)60-45(43-58-61(55,56)59-44-46(50)49(53)54)42-57-47(51)40-38-36-34-32-30-28-26-24-22-20-18-16-14-12-10-8-6-4-2/h11,13,17,19,45-46H,3-10,12,14-16,18,20-44,50H2,1-2H3,(H,53,54)(H,55,56)/b13-11-,19-17-. The molecule has 3 unspecified atom stereocenters. The van der Waals surface area contributed by atoms with Gasteiger partial charge in [0.1, 0.15) is 12.6 Å². The van der Waals surface area contributed by atoms with Gasteiger partial charge in [0.05, 0.1) is 13.2 Å². The Hall–Kier alpha value is -2.04. The Morgan fingerprint density at radius 1 is 0.508 bits per heavy atom. The minimum absolute atomic E-state index is 0.159. The van der Waals surface area contributed by atoms with Gasteiger partial charge in [0.2, 0.25) is 0 Å². The Kier molecular flexibility index (Phi) is 43.1. The molecule has 0 amide bonds. The fourth-order valence-corrected chi connectivity index (χ4v) is 7.82. The van der Waals surface area contributed by atoms with Crippen LogP contribution in [0.25, 0.3) is 0 Å². The number of aliphatic carboxylic acids is 1. The highest BCUT2D eigenvalue weighted by atomic mass is 31.2. The molecule has 0 aromatic carbocycles. The lowest BCUT2D eigenvalue weighted by Crippen LogP contribution is -2.34. The molecule has 0 saturated heterocycles. The number of ether oxygens (including phenoxy) is 2. The van der Waals surface area contributed by atoms with Gasteiger partial charge in [-0.2, -0.15) is 0 Å². The van der Waals surface area contributed by atoms with Crippen molar-refractivity contribution >= 4 is 25.7 Å². The minimum atomic E-state index is -4.72. The summed E-state index contributed by atoms with van der Waals surface area (Å²) >= 11 is 0. The number of carbonyl (C=O) groups is 3. The molecule has 61 heavy (non-hydrogen) atoms. The number of hydrogen-bond donors (Lipinski definition) is 3. The number of carboxylic acids is 1. The summed E-state index contributed by atoms with van der Waals surface area (Å²) in [4.78, 5) is 46.1. The van der Waals surface area contributed by atoms with Gasteiger partial charge in [0.15, 0.2) is 6.10 Å². The van der Waals surface area contributed by atoms with Crippen molar-refractivity contribution in [1.29, 1.82) is 0 Å². The average Bonchev–Trinajstić information content (AvgIpc) is 3.24. The number of phosphoric ester groups is 1. The second-order valence-electron chi connectivity index (χ2n) is 17.0. The van der Waals surface area contributed by atoms with E-state index in [-0.39, 0.29) is 19.4 Å². The average molecular weight is 886 g/mol. The van der Waals surface area contributed by atoms with E-state index in [9.17, 15) is 23.8 Å².